The maximum atomic E-state index is 5.84. The molecule has 0 spiro atoms. The van der Waals surface area contributed by atoms with Crippen LogP contribution >= 0.6 is 12.2 Å². The summed E-state index contributed by atoms with van der Waals surface area (Å²) in [6.07, 6.45) is 3.96. The largest absolute Gasteiger partial charge is 0.351 e. The van der Waals surface area contributed by atoms with Gasteiger partial charge in [-0.2, -0.15) is 0 Å². The van der Waals surface area contributed by atoms with Gasteiger partial charge in [0.15, 0.2) is 5.11 Å². The second-order valence-corrected chi connectivity index (χ2v) is 8.36. The number of hydrogen-bond donors (Lipinski definition) is 1. The average Bonchev–Trinajstić information content (AvgIpc) is 3.39. The third-order valence-electron chi connectivity index (χ3n) is 5.77. The lowest BCUT2D eigenvalue weighted by Gasteiger charge is -2.29. The van der Waals surface area contributed by atoms with E-state index in [0.717, 1.165) is 22.8 Å². The number of aryl methyl sites for hydroxylation is 2. The zero-order chi connectivity index (χ0) is 21.4. The van der Waals surface area contributed by atoms with Crippen molar-refractivity contribution in [3.63, 3.8) is 0 Å². The molecule has 2 aromatic heterocycles. The molecule has 1 aliphatic rings. The number of nitrogens with zero attached hydrogens (tertiary/aromatic N) is 3. The predicted molar refractivity (Wildman–Crippen MR) is 130 cm³/mol. The smallest absolute Gasteiger partial charge is 0.174 e. The Morgan fingerprint density at radius 1 is 0.839 bits per heavy atom. The number of aromatic nitrogens is 2. The normalized spacial score (nSPS) is 18.3. The summed E-state index contributed by atoms with van der Waals surface area (Å²) in [6.45, 7) is 4.22. The van der Waals surface area contributed by atoms with Gasteiger partial charge in [-0.25, -0.2) is 0 Å². The van der Waals surface area contributed by atoms with Gasteiger partial charge in [0.25, 0.3) is 0 Å². The quantitative estimate of drug-likeness (QED) is 0.428. The summed E-state index contributed by atoms with van der Waals surface area (Å²) < 4.78 is 2.25. The molecule has 0 radical (unpaired) electrons. The molecule has 5 heteroatoms. The molecule has 2 aromatic carbocycles. The fraction of sp³-hybridized carbons (Fsp3) is 0.154. The first-order valence-corrected chi connectivity index (χ1v) is 10.8. The molecule has 154 valence electrons. The van der Waals surface area contributed by atoms with Crippen LogP contribution in [-0.4, -0.2) is 14.7 Å². The van der Waals surface area contributed by atoms with Crippen molar-refractivity contribution < 1.29 is 0 Å². The van der Waals surface area contributed by atoms with Crippen LogP contribution in [0.2, 0.25) is 0 Å². The molecule has 4 aromatic rings. The first-order chi connectivity index (χ1) is 15.1. The molecule has 1 saturated heterocycles. The zero-order valence-corrected chi connectivity index (χ0v) is 18.4. The van der Waals surface area contributed by atoms with E-state index in [4.69, 9.17) is 12.2 Å². The van der Waals surface area contributed by atoms with Gasteiger partial charge >= 0.3 is 0 Å². The Bertz CT molecular complexity index is 1210. The molecule has 31 heavy (non-hydrogen) atoms. The number of rotatable bonds is 4. The lowest BCUT2D eigenvalue weighted by molar-refractivity contribution is 0.549. The molecule has 4 nitrogen and oxygen atoms in total. The van der Waals surface area contributed by atoms with Gasteiger partial charge in [0.2, 0.25) is 0 Å². The van der Waals surface area contributed by atoms with Crippen LogP contribution in [0, 0.1) is 13.8 Å². The molecule has 2 unspecified atom stereocenters. The molecule has 0 amide bonds. The van der Waals surface area contributed by atoms with Crippen LogP contribution in [0.4, 0.5) is 5.69 Å². The van der Waals surface area contributed by atoms with Gasteiger partial charge in [-0.1, -0.05) is 35.9 Å². The van der Waals surface area contributed by atoms with E-state index in [1.807, 2.05) is 18.3 Å². The first kappa shape index (κ1) is 19.5. The monoisotopic (exact) mass is 424 g/mol. The van der Waals surface area contributed by atoms with Crippen molar-refractivity contribution in [3.05, 3.63) is 114 Å². The van der Waals surface area contributed by atoms with Crippen LogP contribution in [0.1, 0.15) is 34.6 Å². The lowest BCUT2D eigenvalue weighted by atomic mass is 10.0. The summed E-state index contributed by atoms with van der Waals surface area (Å²) in [7, 11) is 0. The first-order valence-electron chi connectivity index (χ1n) is 10.4. The van der Waals surface area contributed by atoms with Crippen molar-refractivity contribution in [2.45, 2.75) is 25.9 Å². The van der Waals surface area contributed by atoms with Gasteiger partial charge in [0.1, 0.15) is 6.04 Å². The lowest BCUT2D eigenvalue weighted by Crippen LogP contribution is -2.30. The summed E-state index contributed by atoms with van der Waals surface area (Å²) in [6, 6.07) is 27.3. The van der Waals surface area contributed by atoms with E-state index in [-0.39, 0.29) is 12.1 Å². The molecule has 1 fully saturated rings. The number of pyridine rings is 1. The molecule has 0 saturated carbocycles. The van der Waals surface area contributed by atoms with Crippen LogP contribution in [-0.2, 0) is 0 Å². The third-order valence-corrected chi connectivity index (χ3v) is 6.09. The van der Waals surface area contributed by atoms with E-state index in [9.17, 15) is 0 Å². The van der Waals surface area contributed by atoms with Crippen molar-refractivity contribution in [2.24, 2.45) is 0 Å². The van der Waals surface area contributed by atoms with Crippen LogP contribution in [0.25, 0.3) is 5.69 Å². The Balaban J connectivity index is 1.67. The van der Waals surface area contributed by atoms with Crippen LogP contribution in [0.15, 0.2) is 91.3 Å². The Morgan fingerprint density at radius 3 is 2.42 bits per heavy atom. The van der Waals surface area contributed by atoms with Crippen molar-refractivity contribution >= 4 is 23.0 Å². The van der Waals surface area contributed by atoms with Gasteiger partial charge in [0.05, 0.1) is 11.7 Å². The van der Waals surface area contributed by atoms with Crippen LogP contribution in [0.5, 0.6) is 0 Å². The molecule has 5 rings (SSSR count). The topological polar surface area (TPSA) is 33.1 Å². The van der Waals surface area contributed by atoms with E-state index >= 15 is 0 Å². The van der Waals surface area contributed by atoms with Gasteiger partial charge < -0.3 is 14.8 Å². The fourth-order valence-electron chi connectivity index (χ4n) is 4.29. The number of benzene rings is 2. The molecule has 1 aliphatic heterocycles. The maximum absolute atomic E-state index is 5.84. The fourth-order valence-corrected chi connectivity index (χ4v) is 4.63. The Labute approximate surface area is 188 Å². The number of nitrogens with one attached hydrogen (secondary N) is 1. The maximum Gasteiger partial charge on any atom is 0.174 e. The van der Waals surface area contributed by atoms with Gasteiger partial charge in [-0.3, -0.25) is 4.98 Å². The van der Waals surface area contributed by atoms with E-state index < -0.39 is 0 Å². The highest BCUT2D eigenvalue weighted by molar-refractivity contribution is 7.80. The standard InChI is InChI=1S/C26H24N4S/c1-18-11-13-20(14-12-18)30-25(24(28-26(30)31)22-9-3-4-15-27-22)23-10-6-16-29(23)21-8-5-7-19(2)17-21/h3-17,24-25H,1-2H3,(H,28,31). The number of hydrogen-bond acceptors (Lipinski definition) is 2. The summed E-state index contributed by atoms with van der Waals surface area (Å²) in [4.78, 5) is 6.87. The van der Waals surface area contributed by atoms with Gasteiger partial charge in [0, 0.05) is 29.5 Å². The third kappa shape index (κ3) is 3.62. The van der Waals surface area contributed by atoms with Gasteiger partial charge in [-0.05, 0) is 80.2 Å². The molecule has 0 bridgehead atoms. The minimum atomic E-state index is -0.0616. The highest BCUT2D eigenvalue weighted by Gasteiger charge is 2.42. The highest BCUT2D eigenvalue weighted by atomic mass is 32.1. The molecule has 0 aliphatic carbocycles. The molecule has 1 N–H and O–H groups in total. The second kappa shape index (κ2) is 8.00. The summed E-state index contributed by atoms with van der Waals surface area (Å²) in [5.74, 6) is 0. The Hall–Kier alpha value is -3.44. The minimum Gasteiger partial charge on any atom is -0.351 e. The van der Waals surface area contributed by atoms with E-state index in [1.54, 1.807) is 0 Å². The van der Waals surface area contributed by atoms with Crippen molar-refractivity contribution in [3.8, 4) is 5.69 Å². The van der Waals surface area contributed by atoms with Crippen molar-refractivity contribution in [1.29, 1.82) is 0 Å². The summed E-state index contributed by atoms with van der Waals surface area (Å²) in [5, 5.41) is 4.25. The van der Waals surface area contributed by atoms with E-state index in [2.05, 4.69) is 107 Å². The Morgan fingerprint density at radius 2 is 1.68 bits per heavy atom. The van der Waals surface area contributed by atoms with Crippen LogP contribution in [0.3, 0.4) is 0 Å². The van der Waals surface area contributed by atoms with Crippen molar-refractivity contribution in [2.75, 3.05) is 4.90 Å². The zero-order valence-electron chi connectivity index (χ0n) is 17.6. The number of thiocarbonyl (C=S) groups is 1. The summed E-state index contributed by atoms with van der Waals surface area (Å²) in [5.41, 5.74) is 6.80. The molecular weight excluding hydrogens is 400 g/mol. The van der Waals surface area contributed by atoms with Crippen LogP contribution < -0.4 is 10.2 Å². The molecule has 3 heterocycles. The Kier molecular flexibility index (Phi) is 5.04. The number of anilines is 1. The summed E-state index contributed by atoms with van der Waals surface area (Å²) >= 11 is 5.84. The predicted octanol–water partition coefficient (Wildman–Crippen LogP) is 5.67. The van der Waals surface area contributed by atoms with Crippen molar-refractivity contribution in [1.82, 2.24) is 14.9 Å². The van der Waals surface area contributed by atoms with E-state index in [1.165, 1.54) is 11.1 Å². The second-order valence-electron chi connectivity index (χ2n) is 7.97. The highest BCUT2D eigenvalue weighted by Crippen LogP contribution is 2.42. The van der Waals surface area contributed by atoms with Gasteiger partial charge in [-0.15, -0.1) is 0 Å². The molecule has 2 atom stereocenters. The SMILES string of the molecule is Cc1ccc(N2C(=S)NC(c3ccccn3)C2c2cccn2-c2cccc(C)c2)cc1. The van der Waals surface area contributed by atoms with E-state index in [0.29, 0.717) is 5.11 Å². The molecular formula is C26H24N4S. The average molecular weight is 425 g/mol. The minimum absolute atomic E-state index is 0.0411.